The predicted molar refractivity (Wildman–Crippen MR) is 110 cm³/mol. The third kappa shape index (κ3) is 4.08. The first-order valence-electron chi connectivity index (χ1n) is 7.84. The van der Waals surface area contributed by atoms with Gasteiger partial charge in [0.1, 0.15) is 5.01 Å². The molecule has 0 bridgehead atoms. The number of nitrogens with zero attached hydrogens (tertiary/aromatic N) is 1. The van der Waals surface area contributed by atoms with E-state index in [0.717, 1.165) is 26.3 Å². The minimum atomic E-state index is 0.582. The number of benzene rings is 2. The normalized spacial score (nSPS) is 10.9. The van der Waals surface area contributed by atoms with Gasteiger partial charge < -0.3 is 14.2 Å². The Labute approximate surface area is 165 Å². The number of hydrogen-bond acceptors (Lipinski definition) is 5. The highest BCUT2D eigenvalue weighted by molar-refractivity contribution is 9.10. The topological polar surface area (TPSA) is 40.6 Å². The lowest BCUT2D eigenvalue weighted by atomic mass is 10.1. The maximum Gasteiger partial charge on any atom is 0.203 e. The Morgan fingerprint density at radius 1 is 0.923 bits per heavy atom. The van der Waals surface area contributed by atoms with Crippen LogP contribution in [0, 0.1) is 0 Å². The molecule has 3 rings (SSSR count). The molecule has 0 amide bonds. The maximum atomic E-state index is 5.39. The van der Waals surface area contributed by atoms with Gasteiger partial charge in [-0.1, -0.05) is 34.1 Å². The van der Waals surface area contributed by atoms with Crippen LogP contribution in [-0.2, 0) is 0 Å². The molecular formula is C20H18BrNO3S. The Bertz CT molecular complexity index is 894. The molecule has 0 aliphatic rings. The quantitative estimate of drug-likeness (QED) is 0.496. The molecule has 134 valence electrons. The summed E-state index contributed by atoms with van der Waals surface area (Å²) < 4.78 is 17.2. The molecule has 0 saturated carbocycles. The number of hydrogen-bond donors (Lipinski definition) is 0. The molecule has 6 heteroatoms. The van der Waals surface area contributed by atoms with Gasteiger partial charge in [0.25, 0.3) is 0 Å². The van der Waals surface area contributed by atoms with Crippen molar-refractivity contribution in [1.82, 2.24) is 4.98 Å². The molecule has 0 N–H and O–H groups in total. The SMILES string of the molecule is COc1cc(C=Cc2nc(-c3ccc(Br)cc3)cs2)cc(OC)c1OC. The summed E-state index contributed by atoms with van der Waals surface area (Å²) in [6, 6.07) is 11.9. The highest BCUT2D eigenvalue weighted by Gasteiger charge is 2.12. The third-order valence-electron chi connectivity index (χ3n) is 3.77. The van der Waals surface area contributed by atoms with Crippen LogP contribution in [0.5, 0.6) is 17.2 Å². The molecule has 3 aromatic rings. The first kappa shape index (κ1) is 18.5. The van der Waals surface area contributed by atoms with E-state index in [1.807, 2.05) is 48.6 Å². The van der Waals surface area contributed by atoms with Gasteiger partial charge in [-0.05, 0) is 35.9 Å². The molecule has 0 atom stereocenters. The first-order chi connectivity index (χ1) is 12.6. The third-order valence-corrected chi connectivity index (χ3v) is 5.11. The van der Waals surface area contributed by atoms with Crippen LogP contribution in [-0.4, -0.2) is 26.3 Å². The molecular weight excluding hydrogens is 414 g/mol. The van der Waals surface area contributed by atoms with E-state index in [9.17, 15) is 0 Å². The fourth-order valence-electron chi connectivity index (χ4n) is 2.48. The lowest BCUT2D eigenvalue weighted by Crippen LogP contribution is -1.95. The number of rotatable bonds is 6. The number of methoxy groups -OCH3 is 3. The predicted octanol–water partition coefficient (Wildman–Crippen LogP) is 5.77. The van der Waals surface area contributed by atoms with Crippen molar-refractivity contribution in [1.29, 1.82) is 0 Å². The summed E-state index contributed by atoms with van der Waals surface area (Å²) >= 11 is 5.05. The van der Waals surface area contributed by atoms with E-state index in [4.69, 9.17) is 14.2 Å². The molecule has 0 saturated heterocycles. The Kier molecular flexibility index (Phi) is 5.96. The lowest BCUT2D eigenvalue weighted by Gasteiger charge is -2.12. The summed E-state index contributed by atoms with van der Waals surface area (Å²) in [5.41, 5.74) is 3.00. The van der Waals surface area contributed by atoms with Gasteiger partial charge in [0.2, 0.25) is 5.75 Å². The van der Waals surface area contributed by atoms with Crippen LogP contribution in [0.4, 0.5) is 0 Å². The van der Waals surface area contributed by atoms with Crippen molar-refractivity contribution in [2.24, 2.45) is 0 Å². The van der Waals surface area contributed by atoms with Crippen LogP contribution < -0.4 is 14.2 Å². The fraction of sp³-hybridized carbons (Fsp3) is 0.150. The van der Waals surface area contributed by atoms with Crippen molar-refractivity contribution in [2.45, 2.75) is 0 Å². The number of halogens is 1. The Hall–Kier alpha value is -2.31. The van der Waals surface area contributed by atoms with Crippen molar-refractivity contribution in [3.05, 3.63) is 56.8 Å². The zero-order valence-corrected chi connectivity index (χ0v) is 17.1. The highest BCUT2D eigenvalue weighted by atomic mass is 79.9. The van der Waals surface area contributed by atoms with Crippen LogP contribution in [0.3, 0.4) is 0 Å². The van der Waals surface area contributed by atoms with Crippen LogP contribution >= 0.6 is 27.3 Å². The molecule has 0 spiro atoms. The van der Waals surface area contributed by atoms with Gasteiger partial charge in [0.15, 0.2) is 11.5 Å². The molecule has 0 radical (unpaired) electrons. The Morgan fingerprint density at radius 3 is 2.15 bits per heavy atom. The summed E-state index contributed by atoms with van der Waals surface area (Å²) in [7, 11) is 4.81. The van der Waals surface area contributed by atoms with Gasteiger partial charge in [-0.25, -0.2) is 4.98 Å². The standard InChI is InChI=1S/C20H18BrNO3S/c1-23-17-10-13(11-18(24-2)20(17)25-3)4-9-19-22-16(12-26-19)14-5-7-15(21)8-6-14/h4-12H,1-3H3. The largest absolute Gasteiger partial charge is 0.493 e. The van der Waals surface area contributed by atoms with E-state index in [2.05, 4.69) is 26.3 Å². The molecule has 0 aliphatic carbocycles. The van der Waals surface area contributed by atoms with Gasteiger partial charge in [0, 0.05) is 15.4 Å². The minimum absolute atomic E-state index is 0.582. The summed E-state index contributed by atoms with van der Waals surface area (Å²) in [4.78, 5) is 4.67. The van der Waals surface area contributed by atoms with Gasteiger partial charge in [0.05, 0.1) is 27.0 Å². The van der Waals surface area contributed by atoms with Crippen molar-refractivity contribution in [3.8, 4) is 28.5 Å². The number of thiazole rings is 1. The van der Waals surface area contributed by atoms with Crippen molar-refractivity contribution < 1.29 is 14.2 Å². The zero-order valence-electron chi connectivity index (χ0n) is 14.7. The molecule has 0 fully saturated rings. The van der Waals surface area contributed by atoms with E-state index in [1.54, 1.807) is 32.7 Å². The van der Waals surface area contributed by atoms with Gasteiger partial charge in [-0.3, -0.25) is 0 Å². The van der Waals surface area contributed by atoms with Crippen LogP contribution in [0.15, 0.2) is 46.3 Å². The highest BCUT2D eigenvalue weighted by Crippen LogP contribution is 2.38. The fourth-order valence-corrected chi connectivity index (χ4v) is 3.47. The van der Waals surface area contributed by atoms with Gasteiger partial charge >= 0.3 is 0 Å². The van der Waals surface area contributed by atoms with Crippen molar-refractivity contribution in [3.63, 3.8) is 0 Å². The van der Waals surface area contributed by atoms with Crippen molar-refractivity contribution >= 4 is 39.4 Å². The van der Waals surface area contributed by atoms with E-state index >= 15 is 0 Å². The maximum absolute atomic E-state index is 5.39. The van der Waals surface area contributed by atoms with E-state index in [0.29, 0.717) is 17.2 Å². The summed E-state index contributed by atoms with van der Waals surface area (Å²) in [6.07, 6.45) is 3.96. The molecule has 2 aromatic carbocycles. The van der Waals surface area contributed by atoms with Crippen LogP contribution in [0.1, 0.15) is 10.6 Å². The average Bonchev–Trinajstić information content (AvgIpc) is 3.15. The first-order valence-corrected chi connectivity index (χ1v) is 9.51. The second-order valence-corrected chi connectivity index (χ2v) is 7.18. The monoisotopic (exact) mass is 431 g/mol. The molecule has 0 unspecified atom stereocenters. The summed E-state index contributed by atoms with van der Waals surface area (Å²) in [5.74, 6) is 1.83. The zero-order chi connectivity index (χ0) is 18.5. The van der Waals surface area contributed by atoms with E-state index in [1.165, 1.54) is 0 Å². The van der Waals surface area contributed by atoms with Gasteiger partial charge in [-0.15, -0.1) is 11.3 Å². The van der Waals surface area contributed by atoms with Gasteiger partial charge in [-0.2, -0.15) is 0 Å². The minimum Gasteiger partial charge on any atom is -0.493 e. The molecule has 0 aliphatic heterocycles. The number of aromatic nitrogens is 1. The summed E-state index contributed by atoms with van der Waals surface area (Å²) in [6.45, 7) is 0. The lowest BCUT2D eigenvalue weighted by molar-refractivity contribution is 0.324. The molecule has 4 nitrogen and oxygen atoms in total. The number of ether oxygens (including phenoxy) is 3. The van der Waals surface area contributed by atoms with E-state index in [-0.39, 0.29) is 0 Å². The molecule has 26 heavy (non-hydrogen) atoms. The molecule has 1 heterocycles. The average molecular weight is 432 g/mol. The van der Waals surface area contributed by atoms with E-state index < -0.39 is 0 Å². The summed E-state index contributed by atoms with van der Waals surface area (Å²) in [5, 5.41) is 2.98. The molecule has 1 aromatic heterocycles. The van der Waals surface area contributed by atoms with Crippen LogP contribution in [0.2, 0.25) is 0 Å². The second-order valence-electron chi connectivity index (χ2n) is 5.37. The van der Waals surface area contributed by atoms with Crippen molar-refractivity contribution in [2.75, 3.05) is 21.3 Å². The smallest absolute Gasteiger partial charge is 0.203 e. The Balaban J connectivity index is 1.85. The van der Waals surface area contributed by atoms with Crippen LogP contribution in [0.25, 0.3) is 23.4 Å². The second kappa shape index (κ2) is 8.38. The Morgan fingerprint density at radius 2 is 1.58 bits per heavy atom.